The van der Waals surface area contributed by atoms with Crippen molar-refractivity contribution in [2.24, 2.45) is 0 Å². The van der Waals surface area contributed by atoms with Gasteiger partial charge in [-0.1, -0.05) is 5.16 Å². The third-order valence-corrected chi connectivity index (χ3v) is 2.37. The number of nitrogens with zero attached hydrogens (tertiary/aromatic N) is 2. The van der Waals surface area contributed by atoms with Gasteiger partial charge in [0.1, 0.15) is 5.82 Å². The summed E-state index contributed by atoms with van der Waals surface area (Å²) in [5.74, 6) is -0.302. The molecule has 2 rings (SSSR count). The number of halogens is 4. The number of hydrogen-bond donors (Lipinski definition) is 1. The Hall–Kier alpha value is -1.96. The molecule has 0 aliphatic heterocycles. The number of hydrogen-bond acceptors (Lipinski definition) is 4. The molecule has 0 spiro atoms. The molecule has 0 saturated heterocycles. The van der Waals surface area contributed by atoms with Crippen LogP contribution < -0.4 is 5.32 Å². The molecule has 0 unspecified atom stereocenters. The average Bonchev–Trinajstić information content (AvgIpc) is 2.74. The molecular weight excluding hydrogens is 278 g/mol. The van der Waals surface area contributed by atoms with Crippen LogP contribution in [0.15, 0.2) is 22.7 Å². The molecule has 1 aromatic carbocycles. The average molecular weight is 289 g/mol. The third-order valence-electron chi connectivity index (χ3n) is 2.37. The Morgan fingerprint density at radius 3 is 2.65 bits per heavy atom. The van der Waals surface area contributed by atoms with Crippen LogP contribution in [0.25, 0.3) is 11.4 Å². The minimum atomic E-state index is -4.30. The molecule has 0 aliphatic carbocycles. The Labute approximate surface area is 111 Å². The number of nitrogens with one attached hydrogen (secondary N) is 1. The molecule has 108 valence electrons. The van der Waals surface area contributed by atoms with Gasteiger partial charge in [0.2, 0.25) is 11.7 Å². The molecule has 0 amide bonds. The van der Waals surface area contributed by atoms with E-state index >= 15 is 0 Å². The maximum Gasteiger partial charge on any atom is 0.401 e. The molecule has 0 bridgehead atoms. The first-order valence-corrected chi connectivity index (χ1v) is 5.71. The fourth-order valence-corrected chi connectivity index (χ4v) is 1.62. The van der Waals surface area contributed by atoms with Gasteiger partial charge in [-0.05, 0) is 30.7 Å². The van der Waals surface area contributed by atoms with Crippen LogP contribution in [0.5, 0.6) is 0 Å². The summed E-state index contributed by atoms with van der Waals surface area (Å²) >= 11 is 0. The van der Waals surface area contributed by atoms with Crippen LogP contribution in [0, 0.1) is 12.7 Å². The van der Waals surface area contributed by atoms with Crippen LogP contribution in [0.3, 0.4) is 0 Å². The highest BCUT2D eigenvalue weighted by molar-refractivity contribution is 5.55. The third kappa shape index (κ3) is 4.02. The summed E-state index contributed by atoms with van der Waals surface area (Å²) in [6.07, 6.45) is -4.30. The molecule has 1 heterocycles. The molecule has 0 atom stereocenters. The van der Waals surface area contributed by atoms with E-state index in [-0.39, 0.29) is 18.3 Å². The van der Waals surface area contributed by atoms with E-state index in [1.165, 1.54) is 12.1 Å². The van der Waals surface area contributed by atoms with Crippen LogP contribution in [-0.4, -0.2) is 22.9 Å². The highest BCUT2D eigenvalue weighted by atomic mass is 19.4. The highest BCUT2D eigenvalue weighted by Crippen LogP contribution is 2.19. The Morgan fingerprint density at radius 1 is 1.25 bits per heavy atom. The van der Waals surface area contributed by atoms with Crippen molar-refractivity contribution in [1.29, 1.82) is 0 Å². The monoisotopic (exact) mass is 289 g/mol. The summed E-state index contributed by atoms with van der Waals surface area (Å²) in [7, 11) is 0. The zero-order valence-electron chi connectivity index (χ0n) is 10.5. The van der Waals surface area contributed by atoms with E-state index in [2.05, 4.69) is 15.5 Å². The fourth-order valence-electron chi connectivity index (χ4n) is 1.62. The van der Waals surface area contributed by atoms with Crippen molar-refractivity contribution in [3.8, 4) is 11.4 Å². The number of alkyl halides is 3. The van der Waals surface area contributed by atoms with Gasteiger partial charge in [0.25, 0.3) is 0 Å². The Balaban J connectivity index is 2.05. The Bertz CT molecular complexity index is 574. The van der Waals surface area contributed by atoms with Crippen molar-refractivity contribution < 1.29 is 22.1 Å². The van der Waals surface area contributed by atoms with Gasteiger partial charge in [0.15, 0.2) is 0 Å². The van der Waals surface area contributed by atoms with Crippen molar-refractivity contribution in [3.05, 3.63) is 35.5 Å². The van der Waals surface area contributed by atoms with Gasteiger partial charge in [0.05, 0.1) is 13.1 Å². The maximum absolute atomic E-state index is 13.2. The number of aryl methyl sites for hydroxylation is 1. The predicted molar refractivity (Wildman–Crippen MR) is 62.2 cm³/mol. The van der Waals surface area contributed by atoms with Gasteiger partial charge in [-0.2, -0.15) is 18.2 Å². The van der Waals surface area contributed by atoms with Crippen LogP contribution in [0.1, 0.15) is 11.5 Å². The van der Waals surface area contributed by atoms with E-state index in [1.807, 2.05) is 0 Å². The van der Waals surface area contributed by atoms with Crippen LogP contribution >= 0.6 is 0 Å². The molecule has 2 aromatic rings. The number of benzene rings is 1. The highest BCUT2D eigenvalue weighted by Gasteiger charge is 2.26. The van der Waals surface area contributed by atoms with Crippen molar-refractivity contribution >= 4 is 0 Å². The van der Waals surface area contributed by atoms with E-state index in [9.17, 15) is 17.6 Å². The van der Waals surface area contributed by atoms with Gasteiger partial charge in [-0.15, -0.1) is 0 Å². The van der Waals surface area contributed by atoms with Crippen molar-refractivity contribution in [2.75, 3.05) is 6.54 Å². The SMILES string of the molecule is Cc1cc(F)cc(-c2noc(CNCC(F)(F)F)n2)c1. The van der Waals surface area contributed by atoms with Gasteiger partial charge in [0, 0.05) is 5.56 Å². The topological polar surface area (TPSA) is 51.0 Å². The lowest BCUT2D eigenvalue weighted by molar-refractivity contribution is -0.125. The van der Waals surface area contributed by atoms with Crippen LogP contribution in [-0.2, 0) is 6.54 Å². The minimum Gasteiger partial charge on any atom is -0.338 e. The zero-order chi connectivity index (χ0) is 14.8. The van der Waals surface area contributed by atoms with Crippen LogP contribution in [0.2, 0.25) is 0 Å². The van der Waals surface area contributed by atoms with Crippen molar-refractivity contribution in [2.45, 2.75) is 19.6 Å². The summed E-state index contributed by atoms with van der Waals surface area (Å²) in [6, 6.07) is 4.22. The molecule has 0 aliphatic rings. The molecule has 1 aromatic heterocycles. The quantitative estimate of drug-likeness (QED) is 0.879. The zero-order valence-corrected chi connectivity index (χ0v) is 10.5. The smallest absolute Gasteiger partial charge is 0.338 e. The van der Waals surface area contributed by atoms with E-state index in [4.69, 9.17) is 4.52 Å². The molecule has 0 saturated carbocycles. The lowest BCUT2D eigenvalue weighted by Gasteiger charge is -2.05. The normalized spacial score (nSPS) is 11.8. The summed E-state index contributed by atoms with van der Waals surface area (Å²) in [6.45, 7) is 0.350. The van der Waals surface area contributed by atoms with Crippen LogP contribution in [0.4, 0.5) is 17.6 Å². The van der Waals surface area contributed by atoms with Gasteiger partial charge < -0.3 is 9.84 Å². The summed E-state index contributed by atoms with van der Waals surface area (Å²) in [5, 5.41) is 5.74. The van der Waals surface area contributed by atoms with E-state index in [0.717, 1.165) is 0 Å². The summed E-state index contributed by atoms with van der Waals surface area (Å²) in [4.78, 5) is 3.91. The molecule has 20 heavy (non-hydrogen) atoms. The van der Waals surface area contributed by atoms with E-state index in [0.29, 0.717) is 11.1 Å². The second kappa shape index (κ2) is 5.58. The lowest BCUT2D eigenvalue weighted by atomic mass is 10.1. The largest absolute Gasteiger partial charge is 0.401 e. The lowest BCUT2D eigenvalue weighted by Crippen LogP contribution is -2.28. The molecule has 1 N–H and O–H groups in total. The first-order chi connectivity index (χ1) is 9.33. The van der Waals surface area contributed by atoms with E-state index in [1.54, 1.807) is 13.0 Å². The second-order valence-electron chi connectivity index (χ2n) is 4.25. The fraction of sp³-hybridized carbons (Fsp3) is 0.333. The number of rotatable bonds is 4. The molecule has 0 fully saturated rings. The first kappa shape index (κ1) is 14.4. The standard InChI is InChI=1S/C12H11F4N3O/c1-7-2-8(4-9(13)3-7)11-18-10(20-19-11)5-17-6-12(14,15)16/h2-4,17H,5-6H2,1H3. The second-order valence-corrected chi connectivity index (χ2v) is 4.25. The van der Waals surface area contributed by atoms with E-state index < -0.39 is 18.5 Å². The maximum atomic E-state index is 13.2. The molecule has 0 radical (unpaired) electrons. The van der Waals surface area contributed by atoms with Crippen molar-refractivity contribution in [1.82, 2.24) is 15.5 Å². The number of aromatic nitrogens is 2. The summed E-state index contributed by atoms with van der Waals surface area (Å²) in [5.41, 5.74) is 1.09. The molecular formula is C12H11F4N3O. The Morgan fingerprint density at radius 2 is 2.00 bits per heavy atom. The predicted octanol–water partition coefficient (Wildman–Crippen LogP) is 2.84. The van der Waals surface area contributed by atoms with Gasteiger partial charge >= 0.3 is 6.18 Å². The molecule has 8 heteroatoms. The minimum absolute atomic E-state index is 0.00571. The Kier molecular flexibility index (Phi) is 4.03. The summed E-state index contributed by atoms with van der Waals surface area (Å²) < 4.78 is 53.9. The first-order valence-electron chi connectivity index (χ1n) is 5.71. The van der Waals surface area contributed by atoms with Gasteiger partial charge in [-0.3, -0.25) is 0 Å². The van der Waals surface area contributed by atoms with Crippen molar-refractivity contribution in [3.63, 3.8) is 0 Å². The molecule has 4 nitrogen and oxygen atoms in total. The van der Waals surface area contributed by atoms with Gasteiger partial charge in [-0.25, -0.2) is 4.39 Å².